The average Bonchev–Trinajstić information content (AvgIpc) is 2.75. The molecule has 0 spiro atoms. The molecule has 0 aromatic carbocycles. The molecular formula is C24H32N6O3. The van der Waals surface area contributed by atoms with Gasteiger partial charge in [0.05, 0.1) is 18.2 Å². The molecule has 3 aromatic rings. The van der Waals surface area contributed by atoms with Crippen LogP contribution in [0, 0.1) is 5.92 Å². The molecule has 9 nitrogen and oxygen atoms in total. The van der Waals surface area contributed by atoms with E-state index >= 15 is 0 Å². The molecule has 176 valence electrons. The van der Waals surface area contributed by atoms with E-state index in [2.05, 4.69) is 25.6 Å². The number of fused-ring (bicyclic) bond motifs is 1. The zero-order chi connectivity index (χ0) is 24.2. The van der Waals surface area contributed by atoms with E-state index in [1.165, 1.54) is 0 Å². The Morgan fingerprint density at radius 1 is 1.15 bits per heavy atom. The Morgan fingerprint density at radius 2 is 1.91 bits per heavy atom. The van der Waals surface area contributed by atoms with E-state index in [0.29, 0.717) is 17.0 Å². The van der Waals surface area contributed by atoms with Crippen LogP contribution in [-0.2, 0) is 9.53 Å². The topological polar surface area (TPSA) is 111 Å². The predicted molar refractivity (Wildman–Crippen MR) is 130 cm³/mol. The minimum absolute atomic E-state index is 0.0536. The van der Waals surface area contributed by atoms with Gasteiger partial charge in [0.2, 0.25) is 0 Å². The van der Waals surface area contributed by atoms with Crippen LogP contribution < -0.4 is 16.2 Å². The van der Waals surface area contributed by atoms with Crippen LogP contribution in [-0.4, -0.2) is 44.7 Å². The first-order valence-electron chi connectivity index (χ1n) is 11.1. The van der Waals surface area contributed by atoms with Crippen molar-refractivity contribution in [2.45, 2.75) is 52.7 Å². The molecule has 3 rings (SSSR count). The quantitative estimate of drug-likeness (QED) is 0.499. The van der Waals surface area contributed by atoms with Crippen LogP contribution >= 0.6 is 0 Å². The summed E-state index contributed by atoms with van der Waals surface area (Å²) in [5, 5.41) is 6.04. The number of hydrogen-bond donors (Lipinski definition) is 2. The molecule has 0 fully saturated rings. The van der Waals surface area contributed by atoms with Gasteiger partial charge in [-0.3, -0.25) is 19.1 Å². The standard InChI is InChI=1S/C24H32N6O3/c1-15(2)20(16-9-7-8-13-26-16)30-22-17(10-11-18(25-6)29-22)28-21(23(30)32)27-14-12-19(31)33-24(3,4)5/h7-11,13,15,20H,12,14H2,1-6H3,(H,25,29)(H,27,28)/t20-/m0/s1. The molecule has 0 radical (unpaired) electrons. The second kappa shape index (κ2) is 9.97. The first-order valence-corrected chi connectivity index (χ1v) is 11.1. The van der Waals surface area contributed by atoms with Gasteiger partial charge in [0.25, 0.3) is 5.56 Å². The van der Waals surface area contributed by atoms with Crippen LogP contribution in [0.15, 0.2) is 41.3 Å². The predicted octanol–water partition coefficient (Wildman–Crippen LogP) is 3.62. The maximum absolute atomic E-state index is 13.6. The third-order valence-corrected chi connectivity index (χ3v) is 4.93. The molecule has 0 saturated carbocycles. The number of ether oxygens (including phenoxy) is 1. The van der Waals surface area contributed by atoms with Gasteiger partial charge in [0.1, 0.15) is 16.9 Å². The summed E-state index contributed by atoms with van der Waals surface area (Å²) in [5.74, 6) is 0.501. The summed E-state index contributed by atoms with van der Waals surface area (Å²) in [6.07, 6.45) is 1.83. The normalized spacial score (nSPS) is 12.6. The highest BCUT2D eigenvalue weighted by molar-refractivity contribution is 5.75. The van der Waals surface area contributed by atoms with Crippen LogP contribution in [0.1, 0.15) is 52.8 Å². The number of anilines is 2. The van der Waals surface area contributed by atoms with Gasteiger partial charge in [-0.25, -0.2) is 9.97 Å². The summed E-state index contributed by atoms with van der Waals surface area (Å²) in [4.78, 5) is 39.4. The monoisotopic (exact) mass is 452 g/mol. The van der Waals surface area contributed by atoms with Gasteiger partial charge in [0.15, 0.2) is 11.5 Å². The van der Waals surface area contributed by atoms with Crippen molar-refractivity contribution in [1.29, 1.82) is 0 Å². The van der Waals surface area contributed by atoms with E-state index in [1.807, 2.05) is 58.9 Å². The number of esters is 1. The maximum Gasteiger partial charge on any atom is 0.308 e. The Morgan fingerprint density at radius 3 is 2.52 bits per heavy atom. The molecule has 33 heavy (non-hydrogen) atoms. The number of carbonyl (C=O) groups is 1. The second-order valence-electron chi connectivity index (χ2n) is 9.13. The van der Waals surface area contributed by atoms with Crippen molar-refractivity contribution in [2.24, 2.45) is 5.92 Å². The lowest BCUT2D eigenvalue weighted by molar-refractivity contribution is -0.154. The van der Waals surface area contributed by atoms with E-state index < -0.39 is 5.60 Å². The van der Waals surface area contributed by atoms with Crippen molar-refractivity contribution in [3.8, 4) is 0 Å². The van der Waals surface area contributed by atoms with Crippen molar-refractivity contribution in [2.75, 3.05) is 24.2 Å². The average molecular weight is 453 g/mol. The zero-order valence-electron chi connectivity index (χ0n) is 20.0. The Kier molecular flexibility index (Phi) is 7.30. The molecule has 1 atom stereocenters. The van der Waals surface area contributed by atoms with E-state index in [1.54, 1.807) is 23.9 Å². The number of hydrogen-bond acceptors (Lipinski definition) is 8. The lowest BCUT2D eigenvalue weighted by atomic mass is 9.99. The highest BCUT2D eigenvalue weighted by Gasteiger charge is 2.25. The molecule has 0 aliphatic heterocycles. The highest BCUT2D eigenvalue weighted by atomic mass is 16.6. The summed E-state index contributed by atoms with van der Waals surface area (Å²) in [7, 11) is 1.77. The molecule has 0 aliphatic carbocycles. The summed E-state index contributed by atoms with van der Waals surface area (Å²) < 4.78 is 6.99. The lowest BCUT2D eigenvalue weighted by Gasteiger charge is -2.25. The van der Waals surface area contributed by atoms with Crippen LogP contribution in [0.5, 0.6) is 0 Å². The summed E-state index contributed by atoms with van der Waals surface area (Å²) in [6.45, 7) is 9.75. The Hall–Kier alpha value is -3.49. The molecule has 0 aliphatic rings. The lowest BCUT2D eigenvalue weighted by Crippen LogP contribution is -2.33. The molecule has 3 heterocycles. The van der Waals surface area contributed by atoms with Crippen LogP contribution in [0.2, 0.25) is 0 Å². The summed E-state index contributed by atoms with van der Waals surface area (Å²) >= 11 is 0. The number of nitrogens with one attached hydrogen (secondary N) is 2. The molecular weight excluding hydrogens is 420 g/mol. The third kappa shape index (κ3) is 5.85. The SMILES string of the molecule is CNc1ccc2nc(NCCC(=O)OC(C)(C)C)c(=O)n([C@H](c3ccccn3)C(C)C)c2n1. The third-order valence-electron chi connectivity index (χ3n) is 4.93. The summed E-state index contributed by atoms with van der Waals surface area (Å²) in [6, 6.07) is 8.92. The Balaban J connectivity index is 2.06. The smallest absolute Gasteiger partial charge is 0.308 e. The van der Waals surface area contributed by atoms with Crippen LogP contribution in [0.4, 0.5) is 11.6 Å². The van der Waals surface area contributed by atoms with Gasteiger partial charge in [0, 0.05) is 19.8 Å². The van der Waals surface area contributed by atoms with Gasteiger partial charge >= 0.3 is 5.97 Å². The fraction of sp³-hybridized carbons (Fsp3) is 0.458. The maximum atomic E-state index is 13.6. The molecule has 0 amide bonds. The van der Waals surface area contributed by atoms with E-state index in [0.717, 1.165) is 5.69 Å². The van der Waals surface area contributed by atoms with E-state index in [4.69, 9.17) is 4.74 Å². The minimum Gasteiger partial charge on any atom is -0.460 e. The molecule has 2 N–H and O–H groups in total. The summed E-state index contributed by atoms with van der Waals surface area (Å²) in [5.41, 5.74) is 0.911. The Bertz CT molecular complexity index is 1170. The molecule has 0 unspecified atom stereocenters. The Labute approximate surface area is 193 Å². The first kappa shape index (κ1) is 24.2. The first-order chi connectivity index (χ1) is 15.6. The van der Waals surface area contributed by atoms with Gasteiger partial charge < -0.3 is 15.4 Å². The molecule has 3 aromatic heterocycles. The fourth-order valence-corrected chi connectivity index (χ4v) is 3.59. The number of aromatic nitrogens is 4. The van der Waals surface area contributed by atoms with E-state index in [-0.39, 0.29) is 42.3 Å². The zero-order valence-corrected chi connectivity index (χ0v) is 20.0. The van der Waals surface area contributed by atoms with Crippen LogP contribution in [0.3, 0.4) is 0 Å². The highest BCUT2D eigenvalue weighted by Crippen LogP contribution is 2.27. The number of carbonyl (C=O) groups excluding carboxylic acids is 1. The number of rotatable bonds is 8. The fourth-order valence-electron chi connectivity index (χ4n) is 3.59. The number of pyridine rings is 2. The van der Waals surface area contributed by atoms with Crippen molar-refractivity contribution in [3.63, 3.8) is 0 Å². The number of nitrogens with zero attached hydrogens (tertiary/aromatic N) is 4. The molecule has 9 heteroatoms. The van der Waals surface area contributed by atoms with Crippen molar-refractivity contribution in [3.05, 3.63) is 52.6 Å². The van der Waals surface area contributed by atoms with Gasteiger partial charge in [-0.05, 0) is 51.0 Å². The van der Waals surface area contributed by atoms with Crippen molar-refractivity contribution < 1.29 is 9.53 Å². The van der Waals surface area contributed by atoms with E-state index in [9.17, 15) is 9.59 Å². The van der Waals surface area contributed by atoms with Gasteiger partial charge in [-0.1, -0.05) is 19.9 Å². The van der Waals surface area contributed by atoms with Crippen molar-refractivity contribution >= 4 is 28.8 Å². The minimum atomic E-state index is -0.561. The van der Waals surface area contributed by atoms with Crippen molar-refractivity contribution in [1.82, 2.24) is 19.5 Å². The molecule has 0 bridgehead atoms. The molecule has 0 saturated heterocycles. The second-order valence-corrected chi connectivity index (χ2v) is 9.13. The van der Waals surface area contributed by atoms with Gasteiger partial charge in [-0.2, -0.15) is 0 Å². The largest absolute Gasteiger partial charge is 0.460 e. The van der Waals surface area contributed by atoms with Gasteiger partial charge in [-0.15, -0.1) is 0 Å². The van der Waals surface area contributed by atoms with Crippen LogP contribution in [0.25, 0.3) is 11.2 Å².